The molecule has 1 aliphatic rings. The summed E-state index contributed by atoms with van der Waals surface area (Å²) in [5.74, 6) is 0.405. The number of aromatic nitrogens is 2. The first kappa shape index (κ1) is 10.9. The van der Waals surface area contributed by atoms with Gasteiger partial charge in [0.2, 0.25) is 5.03 Å². The quantitative estimate of drug-likeness (QED) is 0.860. The van der Waals surface area contributed by atoms with E-state index in [9.17, 15) is 8.42 Å². The van der Waals surface area contributed by atoms with Crippen LogP contribution in [0.5, 0.6) is 0 Å². The zero-order valence-electron chi connectivity index (χ0n) is 8.44. The van der Waals surface area contributed by atoms with E-state index in [-0.39, 0.29) is 16.2 Å². The van der Waals surface area contributed by atoms with E-state index in [1.165, 1.54) is 10.9 Å². The summed E-state index contributed by atoms with van der Waals surface area (Å²) < 4.78 is 27.6. The topological polar surface area (TPSA) is 64.0 Å². The number of nitrogens with zero attached hydrogens (tertiary/aromatic N) is 2. The normalized spacial score (nSPS) is 25.5. The summed E-state index contributed by atoms with van der Waals surface area (Å²) in [6.07, 6.45) is 2.26. The van der Waals surface area contributed by atoms with Crippen LogP contribution in [0.4, 0.5) is 0 Å². The second kappa shape index (κ2) is 3.47. The fraction of sp³-hybridized carbons (Fsp3) is 0.625. The lowest BCUT2D eigenvalue weighted by atomic mass is 10.5. The lowest BCUT2D eigenvalue weighted by Crippen LogP contribution is -2.27. The van der Waals surface area contributed by atoms with Gasteiger partial charge in [-0.2, -0.15) is 0 Å². The van der Waals surface area contributed by atoms with Crippen LogP contribution in [0.2, 0.25) is 5.15 Å². The number of hydrogen-bond donors (Lipinski definition) is 1. The number of imidazole rings is 1. The molecular formula is C8H12ClN3O2S. The summed E-state index contributed by atoms with van der Waals surface area (Å²) in [5.41, 5.74) is 0. The maximum absolute atomic E-state index is 11.8. The van der Waals surface area contributed by atoms with Crippen LogP contribution < -0.4 is 4.72 Å². The molecule has 2 unspecified atom stereocenters. The highest BCUT2D eigenvalue weighted by atomic mass is 35.5. The lowest BCUT2D eigenvalue weighted by Gasteiger charge is -2.03. The van der Waals surface area contributed by atoms with E-state index in [1.807, 2.05) is 6.92 Å². The molecule has 2 rings (SSSR count). The predicted molar refractivity (Wildman–Crippen MR) is 56.1 cm³/mol. The van der Waals surface area contributed by atoms with Crippen molar-refractivity contribution in [3.05, 3.63) is 11.5 Å². The SMILES string of the molecule is CC1CC1NS(=O)(=O)c1ncn(C)c1Cl. The smallest absolute Gasteiger partial charge is 0.261 e. The maximum Gasteiger partial charge on any atom is 0.261 e. The minimum Gasteiger partial charge on any atom is -0.324 e. The molecule has 1 aliphatic carbocycles. The molecule has 0 radical (unpaired) electrons. The molecule has 84 valence electrons. The monoisotopic (exact) mass is 249 g/mol. The molecule has 0 spiro atoms. The molecule has 1 heterocycles. The first-order valence-electron chi connectivity index (χ1n) is 4.61. The first-order chi connectivity index (χ1) is 6.92. The molecule has 2 atom stereocenters. The Morgan fingerprint density at radius 1 is 1.67 bits per heavy atom. The molecule has 0 amide bonds. The van der Waals surface area contributed by atoms with Gasteiger partial charge in [0, 0.05) is 13.1 Å². The summed E-state index contributed by atoms with van der Waals surface area (Å²) >= 11 is 5.81. The molecule has 0 bridgehead atoms. The molecular weight excluding hydrogens is 238 g/mol. The van der Waals surface area contributed by atoms with Crippen LogP contribution in [0, 0.1) is 5.92 Å². The second-order valence-corrected chi connectivity index (χ2v) is 5.88. The first-order valence-corrected chi connectivity index (χ1v) is 6.47. The van der Waals surface area contributed by atoms with Crippen molar-refractivity contribution in [2.24, 2.45) is 13.0 Å². The van der Waals surface area contributed by atoms with E-state index in [4.69, 9.17) is 11.6 Å². The molecule has 0 saturated heterocycles. The molecule has 0 aliphatic heterocycles. The fourth-order valence-corrected chi connectivity index (χ4v) is 3.10. The molecule has 5 nitrogen and oxygen atoms in total. The molecule has 15 heavy (non-hydrogen) atoms. The Morgan fingerprint density at radius 3 is 2.67 bits per heavy atom. The molecule has 0 aromatic carbocycles. The van der Waals surface area contributed by atoms with Crippen molar-refractivity contribution >= 4 is 21.6 Å². The van der Waals surface area contributed by atoms with Crippen molar-refractivity contribution in [2.75, 3.05) is 0 Å². The van der Waals surface area contributed by atoms with Crippen LogP contribution in [0.15, 0.2) is 11.4 Å². The van der Waals surface area contributed by atoms with Gasteiger partial charge in [0.1, 0.15) is 5.15 Å². The molecule has 1 aromatic heterocycles. The average Bonchev–Trinajstić information content (AvgIpc) is 2.67. The van der Waals surface area contributed by atoms with Crippen LogP contribution in [0.25, 0.3) is 0 Å². The third kappa shape index (κ3) is 2.02. The Labute approximate surface area is 93.5 Å². The van der Waals surface area contributed by atoms with Gasteiger partial charge in [-0.15, -0.1) is 0 Å². The van der Waals surface area contributed by atoms with Gasteiger partial charge in [-0.1, -0.05) is 18.5 Å². The molecule has 1 fully saturated rings. The van der Waals surface area contributed by atoms with Gasteiger partial charge in [0.15, 0.2) is 0 Å². The van der Waals surface area contributed by atoms with Crippen molar-refractivity contribution in [3.8, 4) is 0 Å². The van der Waals surface area contributed by atoms with Crippen LogP contribution in [-0.2, 0) is 17.1 Å². The van der Waals surface area contributed by atoms with Gasteiger partial charge < -0.3 is 4.57 Å². The number of nitrogens with one attached hydrogen (secondary N) is 1. The highest BCUT2D eigenvalue weighted by Gasteiger charge is 2.37. The van der Waals surface area contributed by atoms with Crippen molar-refractivity contribution in [2.45, 2.75) is 24.4 Å². The standard InChI is InChI=1S/C8H12ClN3O2S/c1-5-3-6(5)11-15(13,14)8-7(9)12(2)4-10-8/h4-6,11H,3H2,1-2H3. The highest BCUT2D eigenvalue weighted by Crippen LogP contribution is 2.31. The van der Waals surface area contributed by atoms with E-state index in [0.29, 0.717) is 5.92 Å². The van der Waals surface area contributed by atoms with Crippen molar-refractivity contribution in [1.29, 1.82) is 0 Å². The number of aryl methyl sites for hydroxylation is 1. The van der Waals surface area contributed by atoms with Crippen LogP contribution in [0.3, 0.4) is 0 Å². The van der Waals surface area contributed by atoms with Gasteiger partial charge in [0.05, 0.1) is 6.33 Å². The summed E-state index contributed by atoms with van der Waals surface area (Å²) in [4.78, 5) is 3.77. The van der Waals surface area contributed by atoms with E-state index in [0.717, 1.165) is 6.42 Å². The summed E-state index contributed by atoms with van der Waals surface area (Å²) in [7, 11) is -1.91. The Hall–Kier alpha value is -0.590. The minimum absolute atomic E-state index is 0.0353. The Balaban J connectivity index is 2.25. The third-order valence-electron chi connectivity index (χ3n) is 2.50. The van der Waals surface area contributed by atoms with Crippen molar-refractivity contribution in [3.63, 3.8) is 0 Å². The van der Waals surface area contributed by atoms with E-state index >= 15 is 0 Å². The van der Waals surface area contributed by atoms with Gasteiger partial charge in [-0.3, -0.25) is 0 Å². The Kier molecular flexibility index (Phi) is 2.52. The Bertz CT molecular complexity index is 482. The number of sulfonamides is 1. The van der Waals surface area contributed by atoms with Crippen LogP contribution in [-0.4, -0.2) is 24.0 Å². The third-order valence-corrected chi connectivity index (χ3v) is 4.48. The molecule has 1 N–H and O–H groups in total. The van der Waals surface area contributed by atoms with Crippen LogP contribution >= 0.6 is 11.6 Å². The molecule has 7 heteroatoms. The van der Waals surface area contributed by atoms with E-state index in [1.54, 1.807) is 7.05 Å². The predicted octanol–water partition coefficient (Wildman–Crippen LogP) is 0.760. The van der Waals surface area contributed by atoms with E-state index < -0.39 is 10.0 Å². The summed E-state index contributed by atoms with van der Waals surface area (Å²) in [6.45, 7) is 1.99. The lowest BCUT2D eigenvalue weighted by molar-refractivity contribution is 0.575. The average molecular weight is 250 g/mol. The van der Waals surface area contributed by atoms with Crippen molar-refractivity contribution < 1.29 is 8.42 Å². The maximum atomic E-state index is 11.8. The fourth-order valence-electron chi connectivity index (χ4n) is 1.32. The highest BCUT2D eigenvalue weighted by molar-refractivity contribution is 7.89. The minimum atomic E-state index is -3.55. The molecule has 1 aromatic rings. The van der Waals surface area contributed by atoms with E-state index in [2.05, 4.69) is 9.71 Å². The molecule has 1 saturated carbocycles. The van der Waals surface area contributed by atoms with Gasteiger partial charge in [-0.05, 0) is 12.3 Å². The number of hydrogen-bond acceptors (Lipinski definition) is 3. The number of rotatable bonds is 3. The Morgan fingerprint density at radius 2 is 2.27 bits per heavy atom. The summed E-state index contributed by atoms with van der Waals surface area (Å²) in [6, 6.07) is 0.0353. The zero-order valence-corrected chi connectivity index (χ0v) is 10.0. The van der Waals surface area contributed by atoms with Gasteiger partial charge in [0.25, 0.3) is 10.0 Å². The van der Waals surface area contributed by atoms with Crippen molar-refractivity contribution in [1.82, 2.24) is 14.3 Å². The van der Waals surface area contributed by atoms with Gasteiger partial charge in [-0.25, -0.2) is 18.1 Å². The zero-order chi connectivity index (χ0) is 11.2. The van der Waals surface area contributed by atoms with Gasteiger partial charge >= 0.3 is 0 Å². The van der Waals surface area contributed by atoms with Crippen LogP contribution in [0.1, 0.15) is 13.3 Å². The number of halogens is 1. The summed E-state index contributed by atoms with van der Waals surface area (Å²) in [5, 5.41) is 0.0431. The second-order valence-electron chi connectivity index (χ2n) is 3.89. The largest absolute Gasteiger partial charge is 0.324 e.